The van der Waals surface area contributed by atoms with Crippen LogP contribution in [0.15, 0.2) is 18.2 Å². The molecule has 0 aromatic heterocycles. The van der Waals surface area contributed by atoms with Gasteiger partial charge in [0.05, 0.1) is 25.3 Å². The molecule has 5 nitrogen and oxygen atoms in total. The fourth-order valence-corrected chi connectivity index (χ4v) is 1.88. The number of benzene rings is 1. The van der Waals surface area contributed by atoms with Crippen molar-refractivity contribution in [2.24, 2.45) is 5.73 Å². The molecule has 2 rings (SSSR count). The van der Waals surface area contributed by atoms with Gasteiger partial charge < -0.3 is 10.5 Å². The third-order valence-corrected chi connectivity index (χ3v) is 2.76. The molecule has 90 valence electrons. The average Bonchev–Trinajstić information content (AvgIpc) is 2.53. The molecule has 1 fully saturated rings. The molecular formula is C12H14N2O3. The Morgan fingerprint density at radius 2 is 2.12 bits per heavy atom. The van der Waals surface area contributed by atoms with Crippen molar-refractivity contribution >= 4 is 17.5 Å². The number of hydrogen-bond donors (Lipinski definition) is 1. The quantitative estimate of drug-likeness (QED) is 0.760. The highest BCUT2D eigenvalue weighted by Crippen LogP contribution is 2.32. The number of ether oxygens (including phenoxy) is 1. The van der Waals surface area contributed by atoms with E-state index in [9.17, 15) is 9.59 Å². The Balaban J connectivity index is 2.49. The number of carbonyl (C=O) groups excluding carboxylic acids is 2. The van der Waals surface area contributed by atoms with Gasteiger partial charge in [0, 0.05) is 0 Å². The third-order valence-electron chi connectivity index (χ3n) is 2.76. The van der Waals surface area contributed by atoms with Gasteiger partial charge in [-0.15, -0.1) is 0 Å². The standard InChI is InChI=1S/C12H14N2O3/c1-7-3-4-10(17-2)9(5-7)14-11(15)6-8(13)12(14)16/h3-5,8H,6,13H2,1-2H3. The first kappa shape index (κ1) is 11.6. The summed E-state index contributed by atoms with van der Waals surface area (Å²) in [5.41, 5.74) is 6.99. The van der Waals surface area contributed by atoms with Crippen molar-refractivity contribution in [1.82, 2.24) is 0 Å². The summed E-state index contributed by atoms with van der Waals surface area (Å²) in [5.74, 6) is -0.170. The van der Waals surface area contributed by atoms with Crippen molar-refractivity contribution in [2.75, 3.05) is 12.0 Å². The van der Waals surface area contributed by atoms with E-state index in [1.807, 2.05) is 13.0 Å². The monoisotopic (exact) mass is 234 g/mol. The largest absolute Gasteiger partial charge is 0.495 e. The van der Waals surface area contributed by atoms with Crippen LogP contribution in [0.5, 0.6) is 5.75 Å². The van der Waals surface area contributed by atoms with Crippen LogP contribution in [-0.4, -0.2) is 25.0 Å². The normalized spacial score (nSPS) is 19.9. The molecule has 0 saturated carbocycles. The van der Waals surface area contributed by atoms with Crippen LogP contribution in [0.2, 0.25) is 0 Å². The van der Waals surface area contributed by atoms with E-state index in [0.29, 0.717) is 11.4 Å². The summed E-state index contributed by atoms with van der Waals surface area (Å²) in [7, 11) is 1.50. The van der Waals surface area contributed by atoms with E-state index in [0.717, 1.165) is 10.5 Å². The molecule has 0 bridgehead atoms. The highest BCUT2D eigenvalue weighted by Gasteiger charge is 2.38. The molecule has 1 saturated heterocycles. The van der Waals surface area contributed by atoms with Crippen molar-refractivity contribution in [3.63, 3.8) is 0 Å². The smallest absolute Gasteiger partial charge is 0.251 e. The molecule has 17 heavy (non-hydrogen) atoms. The molecule has 2 N–H and O–H groups in total. The maximum atomic E-state index is 11.8. The van der Waals surface area contributed by atoms with Crippen LogP contribution >= 0.6 is 0 Å². The Hall–Kier alpha value is -1.88. The summed E-state index contributed by atoms with van der Waals surface area (Å²) in [4.78, 5) is 24.7. The van der Waals surface area contributed by atoms with Crippen LogP contribution < -0.4 is 15.4 Å². The lowest BCUT2D eigenvalue weighted by Crippen LogP contribution is -2.35. The van der Waals surface area contributed by atoms with Gasteiger partial charge >= 0.3 is 0 Å². The maximum absolute atomic E-state index is 11.8. The predicted molar refractivity (Wildman–Crippen MR) is 62.8 cm³/mol. The van der Waals surface area contributed by atoms with Crippen molar-refractivity contribution in [3.05, 3.63) is 23.8 Å². The van der Waals surface area contributed by atoms with Crippen molar-refractivity contribution in [3.8, 4) is 5.75 Å². The Kier molecular flexibility index (Phi) is 2.85. The van der Waals surface area contributed by atoms with Crippen LogP contribution in [0.25, 0.3) is 0 Å². The van der Waals surface area contributed by atoms with Crippen LogP contribution in [0.1, 0.15) is 12.0 Å². The minimum Gasteiger partial charge on any atom is -0.495 e. The number of amides is 2. The summed E-state index contributed by atoms with van der Waals surface area (Å²) in [6, 6.07) is 4.59. The minimum atomic E-state index is -0.743. The van der Waals surface area contributed by atoms with Gasteiger partial charge in [-0.1, -0.05) is 6.07 Å². The highest BCUT2D eigenvalue weighted by molar-refractivity contribution is 6.23. The van der Waals surface area contributed by atoms with Crippen LogP contribution in [0, 0.1) is 6.92 Å². The van der Waals surface area contributed by atoms with E-state index >= 15 is 0 Å². The first-order chi connectivity index (χ1) is 8.04. The number of nitrogens with zero attached hydrogens (tertiary/aromatic N) is 1. The van der Waals surface area contributed by atoms with E-state index < -0.39 is 6.04 Å². The van der Waals surface area contributed by atoms with Gasteiger partial charge in [0.2, 0.25) is 5.91 Å². The average molecular weight is 234 g/mol. The summed E-state index contributed by atoms with van der Waals surface area (Å²) >= 11 is 0. The topological polar surface area (TPSA) is 72.6 Å². The fourth-order valence-electron chi connectivity index (χ4n) is 1.88. The van der Waals surface area contributed by atoms with Gasteiger partial charge in [0.1, 0.15) is 5.75 Å². The Bertz CT molecular complexity index is 485. The molecule has 5 heteroatoms. The third kappa shape index (κ3) is 1.89. The zero-order valence-corrected chi connectivity index (χ0v) is 9.77. The molecular weight excluding hydrogens is 220 g/mol. The van der Waals surface area contributed by atoms with Gasteiger partial charge in [0.25, 0.3) is 5.91 Å². The summed E-state index contributed by atoms with van der Waals surface area (Å²) in [5, 5.41) is 0. The molecule has 0 spiro atoms. The number of hydrogen-bond acceptors (Lipinski definition) is 4. The summed E-state index contributed by atoms with van der Waals surface area (Å²) in [6.45, 7) is 1.88. The molecule has 1 unspecified atom stereocenters. The van der Waals surface area contributed by atoms with Gasteiger partial charge in [-0.2, -0.15) is 0 Å². The van der Waals surface area contributed by atoms with E-state index in [4.69, 9.17) is 10.5 Å². The highest BCUT2D eigenvalue weighted by atomic mass is 16.5. The lowest BCUT2D eigenvalue weighted by molar-refractivity contribution is -0.121. The van der Waals surface area contributed by atoms with Crippen molar-refractivity contribution in [1.29, 1.82) is 0 Å². The molecule has 2 amide bonds. The lowest BCUT2D eigenvalue weighted by Gasteiger charge is -2.18. The van der Waals surface area contributed by atoms with Gasteiger partial charge in [-0.05, 0) is 24.6 Å². The van der Waals surface area contributed by atoms with Crippen LogP contribution in [0.4, 0.5) is 5.69 Å². The van der Waals surface area contributed by atoms with Crippen LogP contribution in [0.3, 0.4) is 0 Å². The second kappa shape index (κ2) is 4.18. The fraction of sp³-hybridized carbons (Fsp3) is 0.333. The Morgan fingerprint density at radius 1 is 1.41 bits per heavy atom. The SMILES string of the molecule is COc1ccc(C)cc1N1C(=O)CC(N)C1=O. The number of imide groups is 1. The molecule has 0 aliphatic carbocycles. The Labute approximate surface area is 99.2 Å². The van der Waals surface area contributed by atoms with E-state index in [1.54, 1.807) is 12.1 Å². The molecule has 1 aliphatic rings. The van der Waals surface area contributed by atoms with Crippen molar-refractivity contribution in [2.45, 2.75) is 19.4 Å². The summed E-state index contributed by atoms with van der Waals surface area (Å²) < 4.78 is 5.16. The van der Waals surface area contributed by atoms with Crippen LogP contribution in [-0.2, 0) is 9.59 Å². The summed E-state index contributed by atoms with van der Waals surface area (Å²) in [6.07, 6.45) is 0.0515. The molecule has 1 heterocycles. The van der Waals surface area contributed by atoms with Gasteiger partial charge in [-0.25, -0.2) is 4.90 Å². The maximum Gasteiger partial charge on any atom is 0.251 e. The number of rotatable bonds is 2. The van der Waals surface area contributed by atoms with Gasteiger partial charge in [0.15, 0.2) is 0 Å². The second-order valence-corrected chi connectivity index (χ2v) is 4.05. The zero-order chi connectivity index (χ0) is 12.6. The predicted octanol–water partition coefficient (Wildman–Crippen LogP) is 0.594. The molecule has 1 aliphatic heterocycles. The van der Waals surface area contributed by atoms with E-state index in [-0.39, 0.29) is 18.2 Å². The number of aryl methyl sites for hydroxylation is 1. The van der Waals surface area contributed by atoms with Crippen molar-refractivity contribution < 1.29 is 14.3 Å². The first-order valence-electron chi connectivity index (χ1n) is 5.31. The Morgan fingerprint density at radius 3 is 2.65 bits per heavy atom. The molecule has 1 aromatic rings. The molecule has 0 radical (unpaired) electrons. The number of methoxy groups -OCH3 is 1. The number of carbonyl (C=O) groups is 2. The minimum absolute atomic E-state index is 0.0515. The van der Waals surface area contributed by atoms with E-state index in [2.05, 4.69) is 0 Å². The number of anilines is 1. The second-order valence-electron chi connectivity index (χ2n) is 4.05. The molecule has 1 aromatic carbocycles. The van der Waals surface area contributed by atoms with E-state index in [1.165, 1.54) is 7.11 Å². The molecule has 1 atom stereocenters. The lowest BCUT2D eigenvalue weighted by atomic mass is 10.2. The first-order valence-corrected chi connectivity index (χ1v) is 5.31. The van der Waals surface area contributed by atoms with Gasteiger partial charge in [-0.3, -0.25) is 9.59 Å². The zero-order valence-electron chi connectivity index (χ0n) is 9.77. The number of nitrogens with two attached hydrogens (primary N) is 1.